The molecule has 0 bridgehead atoms. The lowest BCUT2D eigenvalue weighted by Crippen LogP contribution is -1.97. The van der Waals surface area contributed by atoms with Crippen molar-refractivity contribution in [1.29, 1.82) is 0 Å². The standard InChI is InChI=1S/C17H16N2O2/c18-11-13-6-8-15(9-7-13)20-12-16-10-17(19-21-16)14-4-2-1-3-5-14/h1-10H,11-12,18H2. The van der Waals surface area contributed by atoms with Gasteiger partial charge in [0.15, 0.2) is 5.76 Å². The summed E-state index contributed by atoms with van der Waals surface area (Å²) in [4.78, 5) is 0. The third-order valence-corrected chi connectivity index (χ3v) is 3.17. The smallest absolute Gasteiger partial charge is 0.174 e. The van der Waals surface area contributed by atoms with Crippen molar-refractivity contribution in [2.45, 2.75) is 13.2 Å². The lowest BCUT2D eigenvalue weighted by atomic mass is 10.1. The summed E-state index contributed by atoms with van der Waals surface area (Å²) in [6.07, 6.45) is 0. The third-order valence-electron chi connectivity index (χ3n) is 3.17. The van der Waals surface area contributed by atoms with Crippen LogP contribution < -0.4 is 10.5 Å². The van der Waals surface area contributed by atoms with Gasteiger partial charge in [-0.05, 0) is 17.7 Å². The molecule has 106 valence electrons. The highest BCUT2D eigenvalue weighted by Crippen LogP contribution is 2.20. The van der Waals surface area contributed by atoms with Gasteiger partial charge < -0.3 is 15.0 Å². The minimum absolute atomic E-state index is 0.349. The Morgan fingerprint density at radius 1 is 1.00 bits per heavy atom. The van der Waals surface area contributed by atoms with Crippen molar-refractivity contribution in [3.8, 4) is 17.0 Å². The average Bonchev–Trinajstić information content (AvgIpc) is 3.03. The van der Waals surface area contributed by atoms with Crippen LogP contribution in [0.2, 0.25) is 0 Å². The first-order valence-electron chi connectivity index (χ1n) is 6.78. The summed E-state index contributed by atoms with van der Waals surface area (Å²) in [6.45, 7) is 0.880. The van der Waals surface area contributed by atoms with Crippen molar-refractivity contribution >= 4 is 0 Å². The summed E-state index contributed by atoms with van der Waals surface area (Å²) < 4.78 is 11.0. The molecular weight excluding hydrogens is 264 g/mol. The highest BCUT2D eigenvalue weighted by atomic mass is 16.5. The number of hydrogen-bond acceptors (Lipinski definition) is 4. The molecule has 3 rings (SSSR count). The van der Waals surface area contributed by atoms with Crippen LogP contribution in [0.15, 0.2) is 65.2 Å². The molecule has 0 saturated heterocycles. The molecule has 0 aliphatic carbocycles. The lowest BCUT2D eigenvalue weighted by Gasteiger charge is -2.04. The van der Waals surface area contributed by atoms with Crippen molar-refractivity contribution in [1.82, 2.24) is 5.16 Å². The molecule has 1 aromatic heterocycles. The van der Waals surface area contributed by atoms with Gasteiger partial charge in [0.25, 0.3) is 0 Å². The summed E-state index contributed by atoms with van der Waals surface area (Å²) >= 11 is 0. The zero-order chi connectivity index (χ0) is 14.5. The number of nitrogens with two attached hydrogens (primary N) is 1. The van der Waals surface area contributed by atoms with E-state index in [-0.39, 0.29) is 0 Å². The van der Waals surface area contributed by atoms with Gasteiger partial charge in [0.1, 0.15) is 18.1 Å². The molecule has 0 saturated carbocycles. The van der Waals surface area contributed by atoms with Crippen LogP contribution in [0.3, 0.4) is 0 Å². The fourth-order valence-electron chi connectivity index (χ4n) is 2.00. The molecule has 0 aliphatic heterocycles. The summed E-state index contributed by atoms with van der Waals surface area (Å²) in [5.74, 6) is 1.47. The molecule has 1 heterocycles. The van der Waals surface area contributed by atoms with Crippen LogP contribution in [0.5, 0.6) is 5.75 Å². The third kappa shape index (κ3) is 3.30. The number of aromatic nitrogens is 1. The van der Waals surface area contributed by atoms with E-state index >= 15 is 0 Å². The monoisotopic (exact) mass is 280 g/mol. The van der Waals surface area contributed by atoms with Gasteiger partial charge in [-0.2, -0.15) is 0 Å². The topological polar surface area (TPSA) is 61.3 Å². The molecule has 2 N–H and O–H groups in total. The van der Waals surface area contributed by atoms with E-state index in [1.807, 2.05) is 60.7 Å². The highest BCUT2D eigenvalue weighted by Gasteiger charge is 2.06. The molecule has 0 aliphatic rings. The zero-order valence-electron chi connectivity index (χ0n) is 11.5. The molecule has 21 heavy (non-hydrogen) atoms. The Bertz CT molecular complexity index is 690. The second-order valence-corrected chi connectivity index (χ2v) is 4.68. The fraction of sp³-hybridized carbons (Fsp3) is 0.118. The van der Waals surface area contributed by atoms with Crippen molar-refractivity contribution in [2.24, 2.45) is 5.73 Å². The average molecular weight is 280 g/mol. The van der Waals surface area contributed by atoms with Gasteiger partial charge in [-0.3, -0.25) is 0 Å². The Balaban J connectivity index is 1.64. The lowest BCUT2D eigenvalue weighted by molar-refractivity contribution is 0.249. The predicted octanol–water partition coefficient (Wildman–Crippen LogP) is 3.38. The van der Waals surface area contributed by atoms with Gasteiger partial charge in [0.05, 0.1) is 0 Å². The van der Waals surface area contributed by atoms with Crippen LogP contribution in [0.25, 0.3) is 11.3 Å². The van der Waals surface area contributed by atoms with Crippen molar-refractivity contribution < 1.29 is 9.26 Å². The molecule has 0 amide bonds. The van der Waals surface area contributed by atoms with Crippen LogP contribution in [-0.2, 0) is 13.2 Å². The van der Waals surface area contributed by atoms with E-state index in [0.717, 1.165) is 22.6 Å². The second kappa shape index (κ2) is 6.24. The van der Waals surface area contributed by atoms with Crippen LogP contribution in [0, 0.1) is 0 Å². The van der Waals surface area contributed by atoms with Crippen molar-refractivity contribution in [3.05, 3.63) is 72.0 Å². The van der Waals surface area contributed by atoms with Gasteiger partial charge in [-0.25, -0.2) is 0 Å². The van der Waals surface area contributed by atoms with E-state index < -0.39 is 0 Å². The molecule has 0 radical (unpaired) electrons. The Hall–Kier alpha value is -2.59. The quantitative estimate of drug-likeness (QED) is 0.778. The van der Waals surface area contributed by atoms with E-state index in [0.29, 0.717) is 18.9 Å². The first-order valence-corrected chi connectivity index (χ1v) is 6.78. The maximum Gasteiger partial charge on any atom is 0.174 e. The first kappa shape index (κ1) is 13.4. The summed E-state index contributed by atoms with van der Waals surface area (Å²) in [5.41, 5.74) is 8.48. The van der Waals surface area contributed by atoms with Crippen molar-refractivity contribution in [2.75, 3.05) is 0 Å². The van der Waals surface area contributed by atoms with E-state index in [9.17, 15) is 0 Å². The van der Waals surface area contributed by atoms with Crippen molar-refractivity contribution in [3.63, 3.8) is 0 Å². The maximum atomic E-state index is 5.67. The van der Waals surface area contributed by atoms with Crippen LogP contribution >= 0.6 is 0 Å². The van der Waals surface area contributed by atoms with E-state index in [1.165, 1.54) is 0 Å². The number of benzene rings is 2. The first-order chi connectivity index (χ1) is 10.3. The fourth-order valence-corrected chi connectivity index (χ4v) is 2.00. The van der Waals surface area contributed by atoms with E-state index in [4.69, 9.17) is 15.0 Å². The number of nitrogens with zero attached hydrogens (tertiary/aromatic N) is 1. The van der Waals surface area contributed by atoms with Crippen LogP contribution in [0.1, 0.15) is 11.3 Å². The Morgan fingerprint density at radius 3 is 2.48 bits per heavy atom. The van der Waals surface area contributed by atoms with E-state index in [2.05, 4.69) is 5.16 Å². The minimum atomic E-state index is 0.349. The van der Waals surface area contributed by atoms with Crippen LogP contribution in [0.4, 0.5) is 0 Å². The Kier molecular flexibility index (Phi) is 3.98. The van der Waals surface area contributed by atoms with Crippen LogP contribution in [-0.4, -0.2) is 5.16 Å². The molecular formula is C17H16N2O2. The molecule has 0 spiro atoms. The van der Waals surface area contributed by atoms with Gasteiger partial charge in [0, 0.05) is 18.2 Å². The number of rotatable bonds is 5. The number of ether oxygens (including phenoxy) is 1. The van der Waals surface area contributed by atoms with E-state index in [1.54, 1.807) is 0 Å². The summed E-state index contributed by atoms with van der Waals surface area (Å²) in [5, 5.41) is 4.05. The molecule has 0 unspecified atom stereocenters. The largest absolute Gasteiger partial charge is 0.486 e. The molecule has 4 nitrogen and oxygen atoms in total. The molecule has 4 heteroatoms. The molecule has 0 fully saturated rings. The van der Waals surface area contributed by atoms with Gasteiger partial charge in [-0.15, -0.1) is 0 Å². The van der Waals surface area contributed by atoms with Gasteiger partial charge >= 0.3 is 0 Å². The molecule has 0 atom stereocenters. The molecule has 3 aromatic rings. The van der Waals surface area contributed by atoms with Gasteiger partial charge in [0.2, 0.25) is 0 Å². The second-order valence-electron chi connectivity index (χ2n) is 4.68. The Morgan fingerprint density at radius 2 is 1.76 bits per heavy atom. The Labute approximate surface area is 123 Å². The highest BCUT2D eigenvalue weighted by molar-refractivity contribution is 5.58. The predicted molar refractivity (Wildman–Crippen MR) is 80.6 cm³/mol. The molecule has 2 aromatic carbocycles. The van der Waals surface area contributed by atoms with Gasteiger partial charge in [-0.1, -0.05) is 47.6 Å². The summed E-state index contributed by atoms with van der Waals surface area (Å²) in [6, 6.07) is 19.5. The summed E-state index contributed by atoms with van der Waals surface area (Å²) in [7, 11) is 0. The number of hydrogen-bond donors (Lipinski definition) is 1. The zero-order valence-corrected chi connectivity index (χ0v) is 11.5. The minimum Gasteiger partial charge on any atom is -0.486 e. The SMILES string of the molecule is NCc1ccc(OCc2cc(-c3ccccc3)no2)cc1. The normalized spacial score (nSPS) is 10.5. The maximum absolute atomic E-state index is 5.67.